The molecular formula is C21H33F2N5O2. The first-order valence-corrected chi connectivity index (χ1v) is 10.7. The number of hydrogen-bond acceptors (Lipinski definition) is 5. The zero-order valence-corrected chi connectivity index (χ0v) is 17.8. The van der Waals surface area contributed by atoms with E-state index in [9.17, 15) is 8.78 Å². The molecule has 2 aliphatic heterocycles. The van der Waals surface area contributed by atoms with Gasteiger partial charge < -0.3 is 25.0 Å². The number of rotatable bonds is 8. The summed E-state index contributed by atoms with van der Waals surface area (Å²) in [4.78, 5) is 9.25. The predicted octanol–water partition coefficient (Wildman–Crippen LogP) is 2.14. The van der Waals surface area contributed by atoms with Gasteiger partial charge in [-0.3, -0.25) is 9.89 Å². The summed E-state index contributed by atoms with van der Waals surface area (Å²) in [6.07, 6.45) is 0.895. The quantitative estimate of drug-likeness (QED) is 0.492. The van der Waals surface area contributed by atoms with Gasteiger partial charge in [0, 0.05) is 44.8 Å². The normalized spacial score (nSPS) is 21.7. The lowest BCUT2D eigenvalue weighted by Crippen LogP contribution is -2.46. The highest BCUT2D eigenvalue weighted by molar-refractivity contribution is 5.80. The average Bonchev–Trinajstić information content (AvgIpc) is 3.21. The van der Waals surface area contributed by atoms with Gasteiger partial charge in [-0.2, -0.15) is 8.78 Å². The fourth-order valence-electron chi connectivity index (χ4n) is 3.88. The van der Waals surface area contributed by atoms with Crippen molar-refractivity contribution in [3.8, 4) is 5.75 Å². The van der Waals surface area contributed by atoms with Gasteiger partial charge in [-0.15, -0.1) is 0 Å². The fourth-order valence-corrected chi connectivity index (χ4v) is 3.88. The smallest absolute Gasteiger partial charge is 0.387 e. The summed E-state index contributed by atoms with van der Waals surface area (Å²) in [5.41, 5.74) is 0.699. The molecule has 2 unspecified atom stereocenters. The maximum atomic E-state index is 12.7. The highest BCUT2D eigenvalue weighted by Gasteiger charge is 2.26. The third kappa shape index (κ3) is 6.43. The van der Waals surface area contributed by atoms with E-state index in [4.69, 9.17) is 14.5 Å². The van der Waals surface area contributed by atoms with E-state index in [2.05, 4.69) is 27.4 Å². The molecule has 2 aliphatic rings. The van der Waals surface area contributed by atoms with Crippen LogP contribution in [0.15, 0.2) is 29.3 Å². The molecule has 0 bridgehead atoms. The standard InChI is InChI=1S/C21H33F2N5O2/c1-3-24-21(25-14-16(2)27-10-12-29-13-11-27)26-17-8-9-28(15-17)18-6-4-5-7-19(18)30-20(22)23/h4-7,16-17,20H,3,8-15H2,1-2H3,(H2,24,25,26). The van der Waals surface area contributed by atoms with Crippen molar-refractivity contribution in [3.63, 3.8) is 0 Å². The zero-order valence-electron chi connectivity index (χ0n) is 17.8. The summed E-state index contributed by atoms with van der Waals surface area (Å²) in [5, 5.41) is 6.81. The van der Waals surface area contributed by atoms with E-state index in [1.54, 1.807) is 12.1 Å². The molecule has 168 valence electrons. The zero-order chi connectivity index (χ0) is 21.3. The summed E-state index contributed by atoms with van der Waals surface area (Å²) < 4.78 is 35.5. The van der Waals surface area contributed by atoms with Crippen molar-refractivity contribution in [2.24, 2.45) is 4.99 Å². The number of para-hydroxylation sites is 2. The van der Waals surface area contributed by atoms with Crippen LogP contribution >= 0.6 is 0 Å². The van der Waals surface area contributed by atoms with Crippen molar-refractivity contribution < 1.29 is 18.3 Å². The summed E-state index contributed by atoms with van der Waals surface area (Å²) >= 11 is 0. The van der Waals surface area contributed by atoms with Crippen LogP contribution < -0.4 is 20.3 Å². The largest absolute Gasteiger partial charge is 0.433 e. The molecule has 2 N–H and O–H groups in total. The van der Waals surface area contributed by atoms with Crippen LogP contribution in [0, 0.1) is 0 Å². The number of aliphatic imine (C=N–C) groups is 1. The Kier molecular flexibility index (Phi) is 8.50. The highest BCUT2D eigenvalue weighted by Crippen LogP contribution is 2.31. The van der Waals surface area contributed by atoms with Gasteiger partial charge >= 0.3 is 6.61 Å². The third-order valence-corrected chi connectivity index (χ3v) is 5.48. The molecule has 2 saturated heterocycles. The molecule has 0 radical (unpaired) electrons. The van der Waals surface area contributed by atoms with Crippen LogP contribution in [0.1, 0.15) is 20.3 Å². The molecule has 0 saturated carbocycles. The number of morpholine rings is 1. The van der Waals surface area contributed by atoms with Gasteiger partial charge in [0.15, 0.2) is 5.96 Å². The van der Waals surface area contributed by atoms with E-state index < -0.39 is 6.61 Å². The SMILES string of the molecule is CCNC(=NCC(C)N1CCOCC1)NC1CCN(c2ccccc2OC(F)F)C1. The van der Waals surface area contributed by atoms with Crippen molar-refractivity contribution in [1.82, 2.24) is 15.5 Å². The minimum Gasteiger partial charge on any atom is -0.433 e. The molecule has 3 rings (SSSR count). The fraction of sp³-hybridized carbons (Fsp3) is 0.667. The van der Waals surface area contributed by atoms with Crippen LogP contribution in [-0.4, -0.2) is 82.0 Å². The number of hydrogen-bond donors (Lipinski definition) is 2. The molecule has 2 heterocycles. The number of nitrogens with one attached hydrogen (secondary N) is 2. The first-order valence-electron chi connectivity index (χ1n) is 10.7. The van der Waals surface area contributed by atoms with Gasteiger partial charge in [-0.25, -0.2) is 0 Å². The lowest BCUT2D eigenvalue weighted by molar-refractivity contribution is -0.0495. The molecule has 9 heteroatoms. The predicted molar refractivity (Wildman–Crippen MR) is 115 cm³/mol. The minimum atomic E-state index is -2.83. The average molecular weight is 426 g/mol. The third-order valence-electron chi connectivity index (χ3n) is 5.48. The summed E-state index contributed by atoms with van der Waals surface area (Å²) in [5.74, 6) is 1.01. The van der Waals surface area contributed by atoms with E-state index in [-0.39, 0.29) is 11.8 Å². The molecule has 7 nitrogen and oxygen atoms in total. The minimum absolute atomic E-state index is 0.182. The summed E-state index contributed by atoms with van der Waals surface area (Å²) in [6.45, 7) is 7.80. The number of alkyl halides is 2. The summed E-state index contributed by atoms with van der Waals surface area (Å²) in [7, 11) is 0. The summed E-state index contributed by atoms with van der Waals surface area (Å²) in [6, 6.07) is 7.49. The van der Waals surface area contributed by atoms with Crippen LogP contribution in [0.25, 0.3) is 0 Å². The Morgan fingerprint density at radius 1 is 1.27 bits per heavy atom. The van der Waals surface area contributed by atoms with Crippen LogP contribution in [0.4, 0.5) is 14.5 Å². The number of benzene rings is 1. The number of anilines is 1. The molecular weight excluding hydrogens is 392 g/mol. The van der Waals surface area contributed by atoms with Crippen LogP contribution in [0.5, 0.6) is 5.75 Å². The van der Waals surface area contributed by atoms with E-state index in [1.807, 2.05) is 19.1 Å². The van der Waals surface area contributed by atoms with E-state index in [0.717, 1.165) is 51.8 Å². The number of nitrogens with zero attached hydrogens (tertiary/aromatic N) is 3. The molecule has 2 fully saturated rings. The second-order valence-electron chi connectivity index (χ2n) is 7.64. The maximum absolute atomic E-state index is 12.7. The Morgan fingerprint density at radius 2 is 2.03 bits per heavy atom. The van der Waals surface area contributed by atoms with Gasteiger partial charge in [0.2, 0.25) is 0 Å². The van der Waals surface area contributed by atoms with Gasteiger partial charge in [-0.05, 0) is 32.4 Å². The van der Waals surface area contributed by atoms with E-state index in [0.29, 0.717) is 24.8 Å². The second kappa shape index (κ2) is 11.3. The molecule has 1 aromatic carbocycles. The monoisotopic (exact) mass is 425 g/mol. The molecule has 0 spiro atoms. The lowest BCUT2D eigenvalue weighted by atomic mass is 10.2. The Balaban J connectivity index is 1.57. The topological polar surface area (TPSA) is 61.4 Å². The van der Waals surface area contributed by atoms with Crippen LogP contribution in [-0.2, 0) is 4.74 Å². The Bertz CT molecular complexity index is 685. The lowest BCUT2D eigenvalue weighted by Gasteiger charge is -2.31. The van der Waals surface area contributed by atoms with Crippen molar-refractivity contribution >= 4 is 11.6 Å². The second-order valence-corrected chi connectivity index (χ2v) is 7.64. The van der Waals surface area contributed by atoms with E-state index >= 15 is 0 Å². The maximum Gasteiger partial charge on any atom is 0.387 e. The van der Waals surface area contributed by atoms with Crippen molar-refractivity contribution in [3.05, 3.63) is 24.3 Å². The van der Waals surface area contributed by atoms with Crippen molar-refractivity contribution in [2.75, 3.05) is 57.4 Å². The van der Waals surface area contributed by atoms with Crippen LogP contribution in [0.3, 0.4) is 0 Å². The molecule has 0 amide bonds. The molecule has 0 aromatic heterocycles. The Morgan fingerprint density at radius 3 is 2.77 bits per heavy atom. The molecule has 0 aliphatic carbocycles. The molecule has 30 heavy (non-hydrogen) atoms. The number of halogens is 2. The first-order chi connectivity index (χ1) is 14.6. The Labute approximate surface area is 177 Å². The van der Waals surface area contributed by atoms with Gasteiger partial charge in [0.25, 0.3) is 0 Å². The number of guanidine groups is 1. The Hall–Kier alpha value is -2.13. The molecule has 1 aromatic rings. The van der Waals surface area contributed by atoms with E-state index in [1.165, 1.54) is 0 Å². The van der Waals surface area contributed by atoms with Crippen LogP contribution in [0.2, 0.25) is 0 Å². The van der Waals surface area contributed by atoms with Gasteiger partial charge in [0.1, 0.15) is 5.75 Å². The van der Waals surface area contributed by atoms with Gasteiger partial charge in [0.05, 0.1) is 25.4 Å². The highest BCUT2D eigenvalue weighted by atomic mass is 19.3. The van der Waals surface area contributed by atoms with Gasteiger partial charge in [-0.1, -0.05) is 12.1 Å². The van der Waals surface area contributed by atoms with Crippen molar-refractivity contribution in [1.29, 1.82) is 0 Å². The van der Waals surface area contributed by atoms with Crippen molar-refractivity contribution in [2.45, 2.75) is 39.0 Å². The number of ether oxygens (including phenoxy) is 2. The molecule has 2 atom stereocenters. The first kappa shape index (κ1) is 22.6.